The Kier molecular flexibility index (Phi) is 6.19. The molecule has 2 aromatic carbocycles. The first-order valence-electron chi connectivity index (χ1n) is 9.96. The summed E-state index contributed by atoms with van der Waals surface area (Å²) in [7, 11) is 0. The lowest BCUT2D eigenvalue weighted by molar-refractivity contribution is 0.0952. The predicted octanol–water partition coefficient (Wildman–Crippen LogP) is 3.63. The van der Waals surface area contributed by atoms with Crippen molar-refractivity contribution < 1.29 is 4.79 Å². The lowest BCUT2D eigenvalue weighted by atomic mass is 10.2. The van der Waals surface area contributed by atoms with Gasteiger partial charge in [-0.05, 0) is 55.2 Å². The predicted molar refractivity (Wildman–Crippen MR) is 116 cm³/mol. The minimum atomic E-state index is 0.0194. The highest BCUT2D eigenvalue weighted by Crippen LogP contribution is 2.31. The molecule has 0 radical (unpaired) electrons. The lowest BCUT2D eigenvalue weighted by Crippen LogP contribution is -2.46. The third-order valence-corrected chi connectivity index (χ3v) is 6.19. The van der Waals surface area contributed by atoms with Crippen LogP contribution in [0, 0.1) is 0 Å². The molecule has 1 N–H and O–H groups in total. The van der Waals surface area contributed by atoms with E-state index in [0.29, 0.717) is 0 Å². The van der Waals surface area contributed by atoms with Crippen molar-refractivity contribution in [2.45, 2.75) is 12.8 Å². The fourth-order valence-electron chi connectivity index (χ4n) is 3.63. The van der Waals surface area contributed by atoms with E-state index in [1.807, 2.05) is 36.4 Å². The maximum Gasteiger partial charge on any atom is 0.251 e. The van der Waals surface area contributed by atoms with E-state index in [0.717, 1.165) is 63.2 Å². The molecular weight excluding hydrogens is 368 g/mol. The van der Waals surface area contributed by atoms with Crippen LogP contribution < -0.4 is 10.2 Å². The summed E-state index contributed by atoms with van der Waals surface area (Å²) in [5.41, 5.74) is 1.83. The molecule has 146 valence electrons. The minimum Gasteiger partial charge on any atom is -0.359 e. The van der Waals surface area contributed by atoms with Gasteiger partial charge in [0.2, 0.25) is 0 Å². The average molecular weight is 395 g/mol. The maximum absolute atomic E-state index is 12.0. The van der Waals surface area contributed by atoms with Gasteiger partial charge in [0.15, 0.2) is 0 Å². The number of carbonyl (C=O) groups excluding carboxylic acids is 1. The van der Waals surface area contributed by atoms with Crippen molar-refractivity contribution in [3.8, 4) is 0 Å². The molecule has 6 heteroatoms. The Morgan fingerprint density at radius 3 is 2.54 bits per heavy atom. The molecule has 1 fully saturated rings. The van der Waals surface area contributed by atoms with Crippen LogP contribution in [0.15, 0.2) is 54.6 Å². The number of piperazine rings is 1. The number of anilines is 1. The fourth-order valence-corrected chi connectivity index (χ4v) is 4.55. The minimum absolute atomic E-state index is 0.0194. The molecule has 3 aromatic rings. The molecule has 4 rings (SSSR count). The summed E-state index contributed by atoms with van der Waals surface area (Å²) in [5, 5.41) is 5.59. The van der Waals surface area contributed by atoms with E-state index in [2.05, 4.69) is 37.7 Å². The van der Waals surface area contributed by atoms with Crippen molar-refractivity contribution in [1.82, 2.24) is 14.6 Å². The second kappa shape index (κ2) is 9.17. The van der Waals surface area contributed by atoms with E-state index in [-0.39, 0.29) is 5.91 Å². The van der Waals surface area contributed by atoms with Crippen molar-refractivity contribution in [3.63, 3.8) is 0 Å². The lowest BCUT2D eigenvalue weighted by Gasteiger charge is -2.35. The van der Waals surface area contributed by atoms with Gasteiger partial charge in [-0.1, -0.05) is 30.3 Å². The molecule has 0 saturated carbocycles. The second-order valence-electron chi connectivity index (χ2n) is 7.16. The highest BCUT2D eigenvalue weighted by molar-refractivity contribution is 7.11. The topological polar surface area (TPSA) is 48.5 Å². The van der Waals surface area contributed by atoms with Crippen LogP contribution in [0.25, 0.3) is 10.9 Å². The smallest absolute Gasteiger partial charge is 0.251 e. The van der Waals surface area contributed by atoms with Crippen LogP contribution in [0.2, 0.25) is 0 Å². The van der Waals surface area contributed by atoms with E-state index < -0.39 is 0 Å². The highest BCUT2D eigenvalue weighted by Gasteiger charge is 2.20. The summed E-state index contributed by atoms with van der Waals surface area (Å²) in [6.07, 6.45) is 2.12. The molecule has 1 aliphatic rings. The number of unbranched alkanes of at least 4 members (excludes halogenated alkanes) is 1. The molecule has 0 aliphatic carbocycles. The summed E-state index contributed by atoms with van der Waals surface area (Å²) in [4.78, 5) is 17.0. The van der Waals surface area contributed by atoms with E-state index in [4.69, 9.17) is 0 Å². The quantitative estimate of drug-likeness (QED) is 0.622. The Morgan fingerprint density at radius 2 is 1.71 bits per heavy atom. The van der Waals surface area contributed by atoms with E-state index >= 15 is 0 Å². The molecular formula is C22H26N4OS. The molecule has 0 spiro atoms. The molecule has 0 bridgehead atoms. The number of rotatable bonds is 7. The van der Waals surface area contributed by atoms with Crippen LogP contribution in [-0.2, 0) is 0 Å². The Balaban J connectivity index is 1.16. The summed E-state index contributed by atoms with van der Waals surface area (Å²) < 4.78 is 4.57. The first-order valence-corrected chi connectivity index (χ1v) is 10.7. The standard InChI is InChI=1S/C22H26N4OS/c27-21(18-8-2-1-3-9-18)23-12-6-7-13-25-14-16-26(17-15-25)22-19-10-4-5-11-20(19)24-28-22/h1-5,8-11H,6-7,12-17H2,(H,23,27). The Labute approximate surface area is 170 Å². The second-order valence-corrected chi connectivity index (χ2v) is 7.91. The molecule has 1 saturated heterocycles. The monoisotopic (exact) mass is 394 g/mol. The number of amides is 1. The molecule has 2 heterocycles. The van der Waals surface area contributed by atoms with Gasteiger partial charge in [-0.25, -0.2) is 0 Å². The molecule has 0 unspecified atom stereocenters. The van der Waals surface area contributed by atoms with Gasteiger partial charge in [0, 0.05) is 43.7 Å². The van der Waals surface area contributed by atoms with Gasteiger partial charge >= 0.3 is 0 Å². The summed E-state index contributed by atoms with van der Waals surface area (Å²) in [6.45, 7) is 6.11. The molecule has 5 nitrogen and oxygen atoms in total. The van der Waals surface area contributed by atoms with Crippen LogP contribution in [0.4, 0.5) is 5.00 Å². The normalized spacial score (nSPS) is 15.1. The van der Waals surface area contributed by atoms with Gasteiger partial charge in [0.05, 0.1) is 5.52 Å². The van der Waals surface area contributed by atoms with Crippen molar-refractivity contribution >= 4 is 33.3 Å². The Morgan fingerprint density at radius 1 is 0.964 bits per heavy atom. The highest BCUT2D eigenvalue weighted by atomic mass is 32.1. The van der Waals surface area contributed by atoms with Crippen LogP contribution in [0.3, 0.4) is 0 Å². The SMILES string of the molecule is O=C(NCCCCN1CCN(c2snc3ccccc23)CC1)c1ccccc1. The number of carbonyl (C=O) groups is 1. The first kappa shape index (κ1) is 18.9. The van der Waals surface area contributed by atoms with Crippen LogP contribution in [0.5, 0.6) is 0 Å². The van der Waals surface area contributed by atoms with E-state index in [1.165, 1.54) is 10.4 Å². The zero-order chi connectivity index (χ0) is 19.2. The maximum atomic E-state index is 12.0. The molecule has 1 amide bonds. The third-order valence-electron chi connectivity index (χ3n) is 5.25. The summed E-state index contributed by atoms with van der Waals surface area (Å²) in [5.74, 6) is 0.0194. The number of fused-ring (bicyclic) bond motifs is 1. The van der Waals surface area contributed by atoms with Gasteiger partial charge in [0.1, 0.15) is 5.00 Å². The van der Waals surface area contributed by atoms with Crippen molar-refractivity contribution in [2.75, 3.05) is 44.2 Å². The average Bonchev–Trinajstić information content (AvgIpc) is 3.19. The zero-order valence-corrected chi connectivity index (χ0v) is 16.8. The number of benzene rings is 2. The third kappa shape index (κ3) is 4.51. The van der Waals surface area contributed by atoms with Gasteiger partial charge in [-0.15, -0.1) is 0 Å². The molecule has 1 aromatic heterocycles. The Hall–Kier alpha value is -2.44. The number of nitrogens with zero attached hydrogens (tertiary/aromatic N) is 3. The van der Waals surface area contributed by atoms with E-state index in [1.54, 1.807) is 11.5 Å². The van der Waals surface area contributed by atoms with Gasteiger partial charge < -0.3 is 10.2 Å². The molecule has 28 heavy (non-hydrogen) atoms. The van der Waals surface area contributed by atoms with Gasteiger partial charge in [-0.3, -0.25) is 9.69 Å². The zero-order valence-electron chi connectivity index (χ0n) is 16.0. The van der Waals surface area contributed by atoms with Crippen LogP contribution in [-0.4, -0.2) is 54.4 Å². The number of aromatic nitrogens is 1. The Bertz CT molecular complexity index is 903. The van der Waals surface area contributed by atoms with Crippen molar-refractivity contribution in [2.24, 2.45) is 0 Å². The summed E-state index contributed by atoms with van der Waals surface area (Å²) in [6, 6.07) is 17.8. The largest absolute Gasteiger partial charge is 0.359 e. The number of hydrogen-bond acceptors (Lipinski definition) is 5. The van der Waals surface area contributed by atoms with E-state index in [9.17, 15) is 4.79 Å². The van der Waals surface area contributed by atoms with Crippen LogP contribution >= 0.6 is 11.5 Å². The number of hydrogen-bond donors (Lipinski definition) is 1. The van der Waals surface area contributed by atoms with Crippen LogP contribution in [0.1, 0.15) is 23.2 Å². The van der Waals surface area contributed by atoms with Crippen molar-refractivity contribution in [3.05, 3.63) is 60.2 Å². The van der Waals surface area contributed by atoms with Gasteiger partial charge in [0.25, 0.3) is 5.91 Å². The fraction of sp³-hybridized carbons (Fsp3) is 0.364. The number of nitrogens with one attached hydrogen (secondary N) is 1. The molecule has 0 atom stereocenters. The van der Waals surface area contributed by atoms with Gasteiger partial charge in [-0.2, -0.15) is 4.37 Å². The molecule has 1 aliphatic heterocycles. The van der Waals surface area contributed by atoms with Crippen molar-refractivity contribution in [1.29, 1.82) is 0 Å². The summed E-state index contributed by atoms with van der Waals surface area (Å²) >= 11 is 1.61. The first-order chi connectivity index (χ1) is 13.8.